The van der Waals surface area contributed by atoms with Crippen LogP contribution in [0.4, 0.5) is 0 Å². The number of carbonyl (C=O) groups is 4. The Morgan fingerprint density at radius 2 is 1.76 bits per heavy atom. The van der Waals surface area contributed by atoms with Gasteiger partial charge in [0.1, 0.15) is 18.1 Å². The molecule has 0 aromatic heterocycles. The first-order valence-electron chi connectivity index (χ1n) is 13.6. The fraction of sp³-hybridized carbons (Fsp3) is 0.679. The number of allylic oxidation sites excluding steroid dienone is 3. The summed E-state index contributed by atoms with van der Waals surface area (Å²) >= 11 is 0. The molecule has 0 radical (unpaired) electrons. The van der Waals surface area contributed by atoms with E-state index in [9.17, 15) is 19.2 Å². The number of amides is 3. The van der Waals surface area contributed by atoms with Crippen molar-refractivity contribution in [1.29, 1.82) is 0 Å². The smallest absolute Gasteiger partial charge is 0.324 e. The van der Waals surface area contributed by atoms with E-state index in [1.165, 1.54) is 12.1 Å². The minimum atomic E-state index is -0.828. The van der Waals surface area contributed by atoms with E-state index in [2.05, 4.69) is 27.6 Å². The molecular weight excluding hydrogens is 486 g/mol. The molecule has 10 heteroatoms. The van der Waals surface area contributed by atoms with Gasteiger partial charge in [0.05, 0.1) is 7.11 Å². The molecule has 3 atom stereocenters. The SMILES string of the molecule is C=C/C(C)=C/C(CCCCCCC(=O)N[C@H](C(=O)N[C@@H](C)C(=O)N1CCC[C@@H](C(=O)OC)N1)C(C)C)=N\C. The highest BCUT2D eigenvalue weighted by Crippen LogP contribution is 2.12. The fourth-order valence-corrected chi connectivity index (χ4v) is 4.15. The topological polar surface area (TPSA) is 129 Å². The first-order valence-corrected chi connectivity index (χ1v) is 13.6. The molecule has 1 saturated heterocycles. The number of esters is 1. The monoisotopic (exact) mass is 533 g/mol. The van der Waals surface area contributed by atoms with E-state index >= 15 is 0 Å². The Hall–Kier alpha value is -3.01. The maximum atomic E-state index is 12.9. The Kier molecular flexibility index (Phi) is 15.2. The van der Waals surface area contributed by atoms with Gasteiger partial charge in [0.2, 0.25) is 11.8 Å². The maximum absolute atomic E-state index is 12.9. The number of nitrogens with one attached hydrogen (secondary N) is 3. The van der Waals surface area contributed by atoms with Crippen LogP contribution in [0.1, 0.15) is 79.1 Å². The number of hydrogen-bond donors (Lipinski definition) is 3. The first kappa shape index (κ1) is 33.0. The van der Waals surface area contributed by atoms with Crippen molar-refractivity contribution in [3.8, 4) is 0 Å². The number of rotatable bonds is 15. The predicted octanol–water partition coefficient (Wildman–Crippen LogP) is 2.84. The molecule has 1 aliphatic heterocycles. The van der Waals surface area contributed by atoms with Gasteiger partial charge in [-0.05, 0) is 63.5 Å². The number of aliphatic imine (C=N–C) groups is 1. The standard InChI is InChI=1S/C28H47N5O5/c1-8-20(4)18-22(29-6)14-11-9-10-12-16-24(34)31-25(19(2)3)26(35)30-21(5)27(36)33-17-13-15-23(32-33)28(37)38-7/h8,18-19,21,23,25,32H,1,9-17H2,2-7H3,(H,30,35)(H,31,34)/b20-18+,29-22-/t21-,23-,25-/m0/s1. The van der Waals surface area contributed by atoms with Crippen molar-refractivity contribution in [2.75, 3.05) is 20.7 Å². The van der Waals surface area contributed by atoms with E-state index in [0.717, 1.165) is 43.4 Å². The number of hydrazine groups is 1. The van der Waals surface area contributed by atoms with Gasteiger partial charge in [0, 0.05) is 25.7 Å². The fourth-order valence-electron chi connectivity index (χ4n) is 4.15. The molecule has 0 bridgehead atoms. The van der Waals surface area contributed by atoms with E-state index in [4.69, 9.17) is 4.74 Å². The second-order valence-electron chi connectivity index (χ2n) is 10.1. The highest BCUT2D eigenvalue weighted by Gasteiger charge is 2.32. The van der Waals surface area contributed by atoms with Crippen molar-refractivity contribution in [3.05, 3.63) is 24.3 Å². The Morgan fingerprint density at radius 1 is 1.11 bits per heavy atom. The largest absolute Gasteiger partial charge is 0.468 e. The molecule has 1 fully saturated rings. The van der Waals surface area contributed by atoms with Crippen LogP contribution in [-0.4, -0.2) is 73.2 Å². The summed E-state index contributed by atoms with van der Waals surface area (Å²) < 4.78 is 4.76. The molecular formula is C28H47N5O5. The van der Waals surface area contributed by atoms with Crippen LogP contribution in [0.25, 0.3) is 0 Å². The molecule has 1 aliphatic rings. The van der Waals surface area contributed by atoms with Crippen LogP contribution in [0.2, 0.25) is 0 Å². The highest BCUT2D eigenvalue weighted by atomic mass is 16.5. The molecule has 1 heterocycles. The second-order valence-corrected chi connectivity index (χ2v) is 10.1. The van der Waals surface area contributed by atoms with E-state index in [0.29, 0.717) is 25.8 Å². The lowest BCUT2D eigenvalue weighted by Crippen LogP contribution is -2.60. The number of ether oxygens (including phenoxy) is 1. The van der Waals surface area contributed by atoms with Gasteiger partial charge in [-0.1, -0.05) is 39.3 Å². The third kappa shape index (κ3) is 11.6. The maximum Gasteiger partial charge on any atom is 0.324 e. The second kappa shape index (κ2) is 17.5. The Morgan fingerprint density at radius 3 is 2.34 bits per heavy atom. The third-order valence-electron chi connectivity index (χ3n) is 6.52. The number of methoxy groups -OCH3 is 1. The lowest BCUT2D eigenvalue weighted by atomic mass is 10.0. The van der Waals surface area contributed by atoms with Gasteiger partial charge in [0.25, 0.3) is 5.91 Å². The summed E-state index contributed by atoms with van der Waals surface area (Å²) in [5.74, 6) is -1.54. The zero-order chi connectivity index (χ0) is 28.7. The average Bonchev–Trinajstić information content (AvgIpc) is 2.91. The van der Waals surface area contributed by atoms with Gasteiger partial charge in [-0.15, -0.1) is 0 Å². The lowest BCUT2D eigenvalue weighted by molar-refractivity contribution is -0.150. The zero-order valence-electron chi connectivity index (χ0n) is 24.0. The molecule has 0 aromatic carbocycles. The third-order valence-corrected chi connectivity index (χ3v) is 6.52. The van der Waals surface area contributed by atoms with E-state index in [-0.39, 0.29) is 17.7 Å². The molecule has 10 nitrogen and oxygen atoms in total. The summed E-state index contributed by atoms with van der Waals surface area (Å²) in [7, 11) is 3.09. The van der Waals surface area contributed by atoms with Crippen molar-refractivity contribution in [3.63, 3.8) is 0 Å². The zero-order valence-corrected chi connectivity index (χ0v) is 24.0. The molecule has 0 unspecified atom stereocenters. The van der Waals surface area contributed by atoms with E-state index in [1.807, 2.05) is 26.8 Å². The summed E-state index contributed by atoms with van der Waals surface area (Å²) in [6, 6.07) is -2.17. The molecule has 0 spiro atoms. The molecule has 0 aromatic rings. The quantitative estimate of drug-likeness (QED) is 0.128. The van der Waals surface area contributed by atoms with Crippen LogP contribution in [0.15, 0.2) is 29.3 Å². The summed E-state index contributed by atoms with van der Waals surface area (Å²) in [4.78, 5) is 54.5. The average molecular weight is 534 g/mol. The van der Waals surface area contributed by atoms with Crippen molar-refractivity contribution in [2.24, 2.45) is 10.9 Å². The van der Waals surface area contributed by atoms with Crippen molar-refractivity contribution in [1.82, 2.24) is 21.1 Å². The van der Waals surface area contributed by atoms with Crippen LogP contribution < -0.4 is 16.1 Å². The molecule has 0 saturated carbocycles. The minimum Gasteiger partial charge on any atom is -0.468 e. The van der Waals surface area contributed by atoms with E-state index in [1.54, 1.807) is 20.0 Å². The van der Waals surface area contributed by atoms with Gasteiger partial charge in [-0.2, -0.15) is 0 Å². The van der Waals surface area contributed by atoms with Gasteiger partial charge in [-0.25, -0.2) is 5.43 Å². The Labute approximate surface area is 227 Å². The molecule has 0 aliphatic carbocycles. The highest BCUT2D eigenvalue weighted by molar-refractivity contribution is 5.95. The molecule has 1 rings (SSSR count). The van der Waals surface area contributed by atoms with Crippen LogP contribution >= 0.6 is 0 Å². The van der Waals surface area contributed by atoms with Gasteiger partial charge >= 0.3 is 5.97 Å². The predicted molar refractivity (Wildman–Crippen MR) is 149 cm³/mol. The molecule has 214 valence electrons. The summed E-state index contributed by atoms with van der Waals surface area (Å²) in [5.41, 5.74) is 5.00. The molecule has 3 amide bonds. The molecule has 38 heavy (non-hydrogen) atoms. The van der Waals surface area contributed by atoms with Crippen LogP contribution in [-0.2, 0) is 23.9 Å². The summed E-state index contributed by atoms with van der Waals surface area (Å²) in [6.45, 7) is 11.5. The van der Waals surface area contributed by atoms with Gasteiger partial charge < -0.3 is 15.4 Å². The first-order chi connectivity index (χ1) is 18.0. The normalized spacial score (nSPS) is 18.0. The van der Waals surface area contributed by atoms with Gasteiger partial charge in [0.15, 0.2) is 0 Å². The number of carbonyl (C=O) groups excluding carboxylic acids is 4. The molecule has 3 N–H and O–H groups in total. The van der Waals surface area contributed by atoms with Crippen LogP contribution in [0.3, 0.4) is 0 Å². The van der Waals surface area contributed by atoms with Crippen LogP contribution in [0, 0.1) is 5.92 Å². The summed E-state index contributed by atoms with van der Waals surface area (Å²) in [6.07, 6.45) is 9.89. The number of nitrogens with zero attached hydrogens (tertiary/aromatic N) is 2. The lowest BCUT2D eigenvalue weighted by Gasteiger charge is -2.34. The van der Waals surface area contributed by atoms with E-state index < -0.39 is 30.0 Å². The Bertz CT molecular complexity index is 883. The number of unbranched alkanes of at least 4 members (excludes halogenated alkanes) is 3. The van der Waals surface area contributed by atoms with Crippen LogP contribution in [0.5, 0.6) is 0 Å². The minimum absolute atomic E-state index is 0.156. The summed E-state index contributed by atoms with van der Waals surface area (Å²) in [5, 5.41) is 6.90. The van der Waals surface area contributed by atoms with Gasteiger partial charge in [-0.3, -0.25) is 29.2 Å². The number of hydrogen-bond acceptors (Lipinski definition) is 7. The van der Waals surface area contributed by atoms with Crippen molar-refractivity contribution < 1.29 is 23.9 Å². The Balaban J connectivity index is 2.48. The van der Waals surface area contributed by atoms with Crippen molar-refractivity contribution >= 4 is 29.4 Å². The van der Waals surface area contributed by atoms with Crippen molar-refractivity contribution in [2.45, 2.75) is 97.2 Å².